The highest BCUT2D eigenvalue weighted by atomic mass is 16.6. The van der Waals surface area contributed by atoms with Crippen LogP contribution in [-0.4, -0.2) is 23.7 Å². The van der Waals surface area contributed by atoms with Crippen LogP contribution in [0.25, 0.3) is 0 Å². The van der Waals surface area contributed by atoms with Gasteiger partial charge < -0.3 is 10.1 Å². The number of nitro benzene ring substituents is 1. The number of Topliss-reactive ketones (excluding diaryl/α,β-unsaturated/α-hetero) is 1. The molecule has 1 amide bonds. The lowest BCUT2D eigenvalue weighted by molar-refractivity contribution is -0.383. The number of methoxy groups -OCH3 is 1. The third-order valence-corrected chi connectivity index (χ3v) is 3.61. The molecule has 7 nitrogen and oxygen atoms in total. The SMILES string of the molecule is COc1ccc(C)cc1C(=O)CCC(=O)Nc1ccccc1[N+](=O)[O-]. The maximum atomic E-state index is 12.3. The second kappa shape index (κ2) is 8.05. The topological polar surface area (TPSA) is 98.5 Å². The van der Waals surface area contributed by atoms with Crippen molar-refractivity contribution in [3.05, 3.63) is 63.7 Å². The maximum absolute atomic E-state index is 12.3. The van der Waals surface area contributed by atoms with Gasteiger partial charge in [-0.25, -0.2) is 0 Å². The number of ether oxygens (including phenoxy) is 1. The monoisotopic (exact) mass is 342 g/mol. The van der Waals surface area contributed by atoms with Gasteiger partial charge in [0.25, 0.3) is 5.69 Å². The Morgan fingerprint density at radius 2 is 1.88 bits per heavy atom. The van der Waals surface area contributed by atoms with Crippen molar-refractivity contribution in [3.63, 3.8) is 0 Å². The highest BCUT2D eigenvalue weighted by Crippen LogP contribution is 2.24. The van der Waals surface area contributed by atoms with E-state index < -0.39 is 10.8 Å². The van der Waals surface area contributed by atoms with Crippen molar-refractivity contribution in [2.45, 2.75) is 19.8 Å². The Labute approximate surface area is 144 Å². The molecule has 2 aromatic rings. The molecule has 0 aliphatic heterocycles. The Morgan fingerprint density at radius 1 is 1.16 bits per heavy atom. The zero-order chi connectivity index (χ0) is 18.4. The van der Waals surface area contributed by atoms with Gasteiger partial charge in [0.05, 0.1) is 17.6 Å². The minimum atomic E-state index is -0.571. The van der Waals surface area contributed by atoms with Crippen LogP contribution in [0.4, 0.5) is 11.4 Å². The van der Waals surface area contributed by atoms with Crippen LogP contribution < -0.4 is 10.1 Å². The molecule has 2 aromatic carbocycles. The lowest BCUT2D eigenvalue weighted by Crippen LogP contribution is -2.14. The van der Waals surface area contributed by atoms with Crippen LogP contribution in [0.3, 0.4) is 0 Å². The van der Waals surface area contributed by atoms with Crippen LogP contribution in [0.5, 0.6) is 5.75 Å². The highest BCUT2D eigenvalue weighted by Gasteiger charge is 2.17. The van der Waals surface area contributed by atoms with Crippen molar-refractivity contribution in [2.24, 2.45) is 0 Å². The predicted molar refractivity (Wildman–Crippen MR) is 93.0 cm³/mol. The maximum Gasteiger partial charge on any atom is 0.292 e. The molecule has 0 spiro atoms. The van der Waals surface area contributed by atoms with Crippen molar-refractivity contribution in [2.75, 3.05) is 12.4 Å². The van der Waals surface area contributed by atoms with E-state index in [9.17, 15) is 19.7 Å². The van der Waals surface area contributed by atoms with Crippen LogP contribution in [0.15, 0.2) is 42.5 Å². The summed E-state index contributed by atoms with van der Waals surface area (Å²) in [7, 11) is 1.47. The van der Waals surface area contributed by atoms with Gasteiger partial charge in [-0.15, -0.1) is 0 Å². The molecule has 130 valence electrons. The molecule has 0 unspecified atom stereocenters. The number of nitrogens with one attached hydrogen (secondary N) is 1. The van der Waals surface area contributed by atoms with Gasteiger partial charge in [0.2, 0.25) is 5.91 Å². The van der Waals surface area contributed by atoms with Gasteiger partial charge in [0.1, 0.15) is 11.4 Å². The minimum absolute atomic E-state index is 0.0215. The lowest BCUT2D eigenvalue weighted by atomic mass is 10.0. The zero-order valence-electron chi connectivity index (χ0n) is 13.9. The molecule has 0 saturated heterocycles. The second-order valence-corrected chi connectivity index (χ2v) is 5.45. The third kappa shape index (κ3) is 4.63. The Bertz CT molecular complexity index is 817. The number of amides is 1. The number of para-hydroxylation sites is 2. The van der Waals surface area contributed by atoms with Gasteiger partial charge in [0.15, 0.2) is 5.78 Å². The van der Waals surface area contributed by atoms with E-state index in [1.54, 1.807) is 18.2 Å². The number of aryl methyl sites for hydroxylation is 1. The summed E-state index contributed by atoms with van der Waals surface area (Å²) in [4.78, 5) is 34.7. The number of hydrogen-bond acceptors (Lipinski definition) is 5. The normalized spacial score (nSPS) is 10.2. The first-order valence-electron chi connectivity index (χ1n) is 7.63. The molecule has 0 aliphatic carbocycles. The standard InChI is InChI=1S/C18H18N2O5/c1-12-7-9-17(25-2)13(11-12)16(21)8-10-18(22)19-14-5-3-4-6-15(14)20(23)24/h3-7,9,11H,8,10H2,1-2H3,(H,19,22). The molecule has 0 bridgehead atoms. The van der Waals surface area contributed by atoms with Gasteiger partial charge >= 0.3 is 0 Å². The highest BCUT2D eigenvalue weighted by molar-refractivity contribution is 6.02. The number of carbonyl (C=O) groups is 2. The molecule has 0 aromatic heterocycles. The number of anilines is 1. The van der Waals surface area contributed by atoms with Crippen molar-refractivity contribution < 1.29 is 19.2 Å². The molecule has 2 rings (SSSR count). The van der Waals surface area contributed by atoms with Crippen molar-refractivity contribution in [3.8, 4) is 5.75 Å². The summed E-state index contributed by atoms with van der Waals surface area (Å²) >= 11 is 0. The molecule has 0 fully saturated rings. The zero-order valence-corrected chi connectivity index (χ0v) is 13.9. The number of ketones is 1. The van der Waals surface area contributed by atoms with Crippen molar-refractivity contribution in [1.82, 2.24) is 0 Å². The summed E-state index contributed by atoms with van der Waals surface area (Å²) in [5, 5.41) is 13.4. The summed E-state index contributed by atoms with van der Waals surface area (Å²) in [6.07, 6.45) is -0.103. The molecule has 7 heteroatoms. The van der Waals surface area contributed by atoms with Crippen LogP contribution in [-0.2, 0) is 4.79 Å². The number of rotatable bonds is 7. The van der Waals surface area contributed by atoms with E-state index in [-0.39, 0.29) is 30.0 Å². The first-order chi connectivity index (χ1) is 11.9. The summed E-state index contributed by atoms with van der Waals surface area (Å²) in [6, 6.07) is 11.1. The number of carbonyl (C=O) groups excluding carboxylic acids is 2. The molecule has 1 N–H and O–H groups in total. The van der Waals surface area contributed by atoms with E-state index in [1.165, 1.54) is 25.3 Å². The number of hydrogen-bond donors (Lipinski definition) is 1. The van der Waals surface area contributed by atoms with E-state index in [0.29, 0.717) is 11.3 Å². The van der Waals surface area contributed by atoms with E-state index in [4.69, 9.17) is 4.74 Å². The molecule has 25 heavy (non-hydrogen) atoms. The van der Waals surface area contributed by atoms with Crippen molar-refractivity contribution >= 4 is 23.1 Å². The quantitative estimate of drug-likeness (QED) is 0.471. The fourth-order valence-electron chi connectivity index (χ4n) is 2.35. The van der Waals surface area contributed by atoms with Crippen LogP contribution in [0.1, 0.15) is 28.8 Å². The van der Waals surface area contributed by atoms with Crippen LogP contribution in [0.2, 0.25) is 0 Å². The largest absolute Gasteiger partial charge is 0.496 e. The molecule has 0 atom stereocenters. The molecule has 0 saturated carbocycles. The molecule has 0 heterocycles. The van der Waals surface area contributed by atoms with Gasteiger partial charge in [-0.05, 0) is 25.1 Å². The molecule has 0 aliphatic rings. The van der Waals surface area contributed by atoms with Crippen LogP contribution in [0, 0.1) is 17.0 Å². The first-order valence-corrected chi connectivity index (χ1v) is 7.63. The molecule has 0 radical (unpaired) electrons. The Hall–Kier alpha value is -3.22. The smallest absolute Gasteiger partial charge is 0.292 e. The Balaban J connectivity index is 2.02. The fraction of sp³-hybridized carbons (Fsp3) is 0.222. The van der Waals surface area contributed by atoms with Gasteiger partial charge in [-0.2, -0.15) is 0 Å². The van der Waals surface area contributed by atoms with E-state index in [0.717, 1.165) is 5.56 Å². The summed E-state index contributed by atoms with van der Waals surface area (Å²) in [5.74, 6) is -0.234. The molecular formula is C18H18N2O5. The lowest BCUT2D eigenvalue weighted by Gasteiger charge is -2.09. The van der Waals surface area contributed by atoms with Gasteiger partial charge in [0, 0.05) is 18.9 Å². The summed E-state index contributed by atoms with van der Waals surface area (Å²) < 4.78 is 5.17. The van der Waals surface area contributed by atoms with E-state index >= 15 is 0 Å². The third-order valence-electron chi connectivity index (χ3n) is 3.61. The summed E-state index contributed by atoms with van der Waals surface area (Å²) in [6.45, 7) is 1.86. The number of nitrogens with zero attached hydrogens (tertiary/aromatic N) is 1. The van der Waals surface area contributed by atoms with E-state index in [2.05, 4.69) is 5.32 Å². The average Bonchev–Trinajstić information content (AvgIpc) is 2.60. The minimum Gasteiger partial charge on any atom is -0.496 e. The first kappa shape index (κ1) is 18.1. The number of nitro groups is 1. The average molecular weight is 342 g/mol. The Morgan fingerprint density at radius 3 is 2.56 bits per heavy atom. The van der Waals surface area contributed by atoms with Crippen LogP contribution >= 0.6 is 0 Å². The van der Waals surface area contributed by atoms with Gasteiger partial charge in [-0.3, -0.25) is 19.7 Å². The van der Waals surface area contributed by atoms with E-state index in [1.807, 2.05) is 13.0 Å². The number of benzene rings is 2. The predicted octanol–water partition coefficient (Wildman–Crippen LogP) is 3.51. The second-order valence-electron chi connectivity index (χ2n) is 5.45. The summed E-state index contributed by atoms with van der Waals surface area (Å²) in [5.41, 5.74) is 1.25. The fourth-order valence-corrected chi connectivity index (χ4v) is 2.35. The van der Waals surface area contributed by atoms with Gasteiger partial charge in [-0.1, -0.05) is 23.8 Å². The Kier molecular flexibility index (Phi) is 5.84. The van der Waals surface area contributed by atoms with Crippen molar-refractivity contribution in [1.29, 1.82) is 0 Å². The molecular weight excluding hydrogens is 324 g/mol.